The molecule has 4 heteroatoms. The summed E-state index contributed by atoms with van der Waals surface area (Å²) in [6, 6.07) is 5.24. The zero-order valence-electron chi connectivity index (χ0n) is 6.58. The standard InChI is InChI=1S/C8H9ClN2O/c1-5-2-6(8(10)11-12)4-7(9)3-5/h2-4,12H,1H3,(H2,10,11). The van der Waals surface area contributed by atoms with Crippen LogP contribution >= 0.6 is 11.6 Å². The van der Waals surface area contributed by atoms with Crippen LogP contribution in [0.4, 0.5) is 0 Å². The summed E-state index contributed by atoms with van der Waals surface area (Å²) in [6.45, 7) is 1.89. The van der Waals surface area contributed by atoms with Crippen molar-refractivity contribution in [2.75, 3.05) is 0 Å². The van der Waals surface area contributed by atoms with Crippen molar-refractivity contribution in [1.82, 2.24) is 0 Å². The van der Waals surface area contributed by atoms with Crippen LogP contribution in [-0.4, -0.2) is 11.0 Å². The maximum Gasteiger partial charge on any atom is 0.170 e. The molecule has 3 N–H and O–H groups in total. The summed E-state index contributed by atoms with van der Waals surface area (Å²) in [5.74, 6) is 0.0700. The number of halogens is 1. The molecule has 0 bridgehead atoms. The molecule has 1 aromatic rings. The lowest BCUT2D eigenvalue weighted by atomic mass is 10.1. The first-order valence-electron chi connectivity index (χ1n) is 3.38. The van der Waals surface area contributed by atoms with Gasteiger partial charge in [0.25, 0.3) is 0 Å². The minimum absolute atomic E-state index is 0.0700. The molecular weight excluding hydrogens is 176 g/mol. The molecule has 0 saturated heterocycles. The van der Waals surface area contributed by atoms with Crippen molar-refractivity contribution < 1.29 is 5.21 Å². The van der Waals surface area contributed by atoms with E-state index >= 15 is 0 Å². The molecule has 0 saturated carbocycles. The Morgan fingerprint density at radius 1 is 1.50 bits per heavy atom. The van der Waals surface area contributed by atoms with E-state index in [1.807, 2.05) is 6.92 Å². The van der Waals surface area contributed by atoms with Gasteiger partial charge in [0, 0.05) is 10.6 Å². The molecule has 0 aliphatic carbocycles. The molecule has 1 rings (SSSR count). The molecule has 3 nitrogen and oxygen atoms in total. The number of amidine groups is 1. The number of hydrogen-bond acceptors (Lipinski definition) is 2. The number of nitrogens with two attached hydrogens (primary N) is 1. The fraction of sp³-hybridized carbons (Fsp3) is 0.125. The zero-order chi connectivity index (χ0) is 9.14. The SMILES string of the molecule is Cc1cc(Cl)cc(/C(N)=N/O)c1. The van der Waals surface area contributed by atoms with E-state index in [-0.39, 0.29) is 5.84 Å². The minimum Gasteiger partial charge on any atom is -0.409 e. The maximum absolute atomic E-state index is 8.39. The summed E-state index contributed by atoms with van der Waals surface area (Å²) in [6.07, 6.45) is 0. The predicted octanol–water partition coefficient (Wildman–Crippen LogP) is 1.74. The third-order valence-electron chi connectivity index (χ3n) is 1.45. The first kappa shape index (κ1) is 8.87. The quantitative estimate of drug-likeness (QED) is 0.302. The molecule has 0 heterocycles. The van der Waals surface area contributed by atoms with Gasteiger partial charge in [-0.1, -0.05) is 16.8 Å². The van der Waals surface area contributed by atoms with Crippen LogP contribution < -0.4 is 5.73 Å². The van der Waals surface area contributed by atoms with E-state index in [1.54, 1.807) is 18.2 Å². The Balaban J connectivity index is 3.17. The van der Waals surface area contributed by atoms with Gasteiger partial charge in [0.05, 0.1) is 0 Å². The molecule has 0 spiro atoms. The summed E-state index contributed by atoms with van der Waals surface area (Å²) in [4.78, 5) is 0. The molecule has 1 aromatic carbocycles. The summed E-state index contributed by atoms with van der Waals surface area (Å²) in [5.41, 5.74) is 6.98. The number of aryl methyl sites for hydroxylation is 1. The van der Waals surface area contributed by atoms with Gasteiger partial charge in [-0.05, 0) is 30.7 Å². The van der Waals surface area contributed by atoms with Crippen LogP contribution in [0.15, 0.2) is 23.4 Å². The molecule has 0 atom stereocenters. The molecule has 0 fully saturated rings. The van der Waals surface area contributed by atoms with E-state index in [0.29, 0.717) is 10.6 Å². The average molecular weight is 185 g/mol. The lowest BCUT2D eigenvalue weighted by molar-refractivity contribution is 0.318. The number of benzene rings is 1. The zero-order valence-corrected chi connectivity index (χ0v) is 7.34. The number of nitrogens with zero attached hydrogens (tertiary/aromatic N) is 1. The third-order valence-corrected chi connectivity index (χ3v) is 1.66. The van der Waals surface area contributed by atoms with E-state index in [2.05, 4.69) is 5.16 Å². The fourth-order valence-electron chi connectivity index (χ4n) is 0.942. The van der Waals surface area contributed by atoms with Crippen LogP contribution in [0.3, 0.4) is 0 Å². The third kappa shape index (κ3) is 1.89. The summed E-state index contributed by atoms with van der Waals surface area (Å²) >= 11 is 5.76. The van der Waals surface area contributed by atoms with Crippen LogP contribution in [0.25, 0.3) is 0 Å². The van der Waals surface area contributed by atoms with Gasteiger partial charge in [-0.2, -0.15) is 0 Å². The van der Waals surface area contributed by atoms with Crippen LogP contribution in [0.2, 0.25) is 5.02 Å². The second-order valence-electron chi connectivity index (χ2n) is 2.50. The van der Waals surface area contributed by atoms with Crippen molar-refractivity contribution in [2.45, 2.75) is 6.92 Å². The van der Waals surface area contributed by atoms with Crippen LogP contribution in [0.1, 0.15) is 11.1 Å². The first-order chi connectivity index (χ1) is 5.63. The minimum atomic E-state index is 0.0700. The molecule has 0 aliphatic rings. The molecule has 0 aliphatic heterocycles. The summed E-state index contributed by atoms with van der Waals surface area (Å²) in [7, 11) is 0. The highest BCUT2D eigenvalue weighted by Gasteiger charge is 2.00. The van der Waals surface area contributed by atoms with Gasteiger partial charge in [0.15, 0.2) is 5.84 Å². The van der Waals surface area contributed by atoms with Gasteiger partial charge < -0.3 is 10.9 Å². The van der Waals surface area contributed by atoms with Crippen LogP contribution in [-0.2, 0) is 0 Å². The molecule has 64 valence electrons. The lowest BCUT2D eigenvalue weighted by Crippen LogP contribution is -2.13. The Morgan fingerprint density at radius 3 is 2.67 bits per heavy atom. The van der Waals surface area contributed by atoms with Crippen molar-refractivity contribution in [2.24, 2.45) is 10.9 Å². The van der Waals surface area contributed by atoms with Crippen molar-refractivity contribution in [3.63, 3.8) is 0 Å². The van der Waals surface area contributed by atoms with E-state index in [9.17, 15) is 0 Å². The fourth-order valence-corrected chi connectivity index (χ4v) is 1.23. The van der Waals surface area contributed by atoms with Crippen molar-refractivity contribution in [3.05, 3.63) is 34.3 Å². The van der Waals surface area contributed by atoms with E-state index in [1.165, 1.54) is 0 Å². The normalized spacial score (nSPS) is 11.7. The Kier molecular flexibility index (Phi) is 2.55. The molecule has 0 aromatic heterocycles. The Morgan fingerprint density at radius 2 is 2.17 bits per heavy atom. The summed E-state index contributed by atoms with van der Waals surface area (Å²) < 4.78 is 0. The van der Waals surface area contributed by atoms with Gasteiger partial charge in [-0.15, -0.1) is 0 Å². The topological polar surface area (TPSA) is 58.6 Å². The Labute approximate surface area is 75.4 Å². The molecule has 0 amide bonds. The second-order valence-corrected chi connectivity index (χ2v) is 2.94. The molecular formula is C8H9ClN2O. The Bertz CT molecular complexity index is 303. The van der Waals surface area contributed by atoms with Gasteiger partial charge in [-0.3, -0.25) is 0 Å². The van der Waals surface area contributed by atoms with E-state index < -0.39 is 0 Å². The Hall–Kier alpha value is -1.22. The highest BCUT2D eigenvalue weighted by molar-refractivity contribution is 6.31. The highest BCUT2D eigenvalue weighted by Crippen LogP contribution is 2.13. The first-order valence-corrected chi connectivity index (χ1v) is 3.76. The molecule has 0 unspecified atom stereocenters. The maximum atomic E-state index is 8.39. The second kappa shape index (κ2) is 3.45. The monoisotopic (exact) mass is 184 g/mol. The lowest BCUT2D eigenvalue weighted by Gasteiger charge is -2.00. The van der Waals surface area contributed by atoms with Gasteiger partial charge in [-0.25, -0.2) is 0 Å². The number of rotatable bonds is 1. The smallest absolute Gasteiger partial charge is 0.170 e. The largest absolute Gasteiger partial charge is 0.409 e. The van der Waals surface area contributed by atoms with Crippen molar-refractivity contribution in [3.8, 4) is 0 Å². The summed E-state index contributed by atoms with van der Waals surface area (Å²) in [5, 5.41) is 11.8. The highest BCUT2D eigenvalue weighted by atomic mass is 35.5. The van der Waals surface area contributed by atoms with Crippen LogP contribution in [0.5, 0.6) is 0 Å². The molecule has 0 radical (unpaired) electrons. The van der Waals surface area contributed by atoms with Crippen molar-refractivity contribution in [1.29, 1.82) is 0 Å². The van der Waals surface area contributed by atoms with Gasteiger partial charge in [0.2, 0.25) is 0 Å². The molecule has 12 heavy (non-hydrogen) atoms. The van der Waals surface area contributed by atoms with Gasteiger partial charge in [0.1, 0.15) is 0 Å². The van der Waals surface area contributed by atoms with Gasteiger partial charge >= 0.3 is 0 Å². The van der Waals surface area contributed by atoms with Crippen molar-refractivity contribution >= 4 is 17.4 Å². The number of hydrogen-bond donors (Lipinski definition) is 2. The van der Waals surface area contributed by atoms with Crippen LogP contribution in [0, 0.1) is 6.92 Å². The average Bonchev–Trinajstić information content (AvgIpc) is 2.01. The predicted molar refractivity (Wildman–Crippen MR) is 48.7 cm³/mol. The van der Waals surface area contributed by atoms with E-state index in [0.717, 1.165) is 5.56 Å². The number of oxime groups is 1. The van der Waals surface area contributed by atoms with E-state index in [4.69, 9.17) is 22.5 Å².